The smallest absolute Gasteiger partial charge is 0.428 e. The molecule has 2 fully saturated rings. The molecule has 3 rings (SSSR count). The van der Waals surface area contributed by atoms with Gasteiger partial charge in [0.05, 0.1) is 5.92 Å². The maximum Gasteiger partial charge on any atom is 0.461 e. The average molecular weight is 473 g/mol. The van der Waals surface area contributed by atoms with E-state index in [-0.39, 0.29) is 17.6 Å². The van der Waals surface area contributed by atoms with E-state index >= 15 is 0 Å². The zero-order valence-electron chi connectivity index (χ0n) is 19.4. The third-order valence-corrected chi connectivity index (χ3v) is 7.43. The van der Waals surface area contributed by atoms with Crippen molar-refractivity contribution in [2.24, 2.45) is 23.7 Å². The van der Waals surface area contributed by atoms with Crippen LogP contribution in [0.1, 0.15) is 84.0 Å². The van der Waals surface area contributed by atoms with Gasteiger partial charge in [-0.15, -0.1) is 0 Å². The highest BCUT2D eigenvalue weighted by atomic mass is 19.3. The van der Waals surface area contributed by atoms with E-state index in [1.165, 1.54) is 63.5 Å². The van der Waals surface area contributed by atoms with E-state index in [4.69, 9.17) is 4.74 Å². The van der Waals surface area contributed by atoms with E-state index < -0.39 is 18.3 Å². The van der Waals surface area contributed by atoms with Gasteiger partial charge in [0.25, 0.3) is 0 Å². The van der Waals surface area contributed by atoms with Crippen LogP contribution in [0.2, 0.25) is 0 Å². The number of alkyl halides is 4. The van der Waals surface area contributed by atoms with Crippen LogP contribution in [0.15, 0.2) is 24.3 Å². The molecule has 1 aromatic carbocycles. The Kier molecular flexibility index (Phi) is 9.45. The third-order valence-electron chi connectivity index (χ3n) is 7.43. The van der Waals surface area contributed by atoms with E-state index in [1.54, 1.807) is 0 Å². The van der Waals surface area contributed by atoms with E-state index in [2.05, 4.69) is 11.7 Å². The third kappa shape index (κ3) is 7.61. The van der Waals surface area contributed by atoms with Crippen LogP contribution in [0, 0.1) is 23.7 Å². The summed E-state index contributed by atoms with van der Waals surface area (Å²) in [5, 5.41) is 0. The summed E-state index contributed by atoms with van der Waals surface area (Å²) >= 11 is 0. The van der Waals surface area contributed by atoms with Gasteiger partial charge in [-0.05, 0) is 80.5 Å². The molecule has 0 aromatic heterocycles. The summed E-state index contributed by atoms with van der Waals surface area (Å²) < 4.78 is 59.8. The summed E-state index contributed by atoms with van der Waals surface area (Å²) in [5.41, 5.74) is 0. The Morgan fingerprint density at radius 1 is 0.909 bits per heavy atom. The van der Waals surface area contributed by atoms with Crippen LogP contribution >= 0.6 is 0 Å². The van der Waals surface area contributed by atoms with Crippen molar-refractivity contribution in [3.05, 3.63) is 24.3 Å². The summed E-state index contributed by atoms with van der Waals surface area (Å²) in [7, 11) is 0. The monoisotopic (exact) mass is 472 g/mol. The second-order valence-corrected chi connectivity index (χ2v) is 9.75. The number of ether oxygens (including phenoxy) is 2. The first-order valence-electron chi connectivity index (χ1n) is 12.4. The van der Waals surface area contributed by atoms with Gasteiger partial charge in [0.2, 0.25) is 0 Å². The minimum Gasteiger partial charge on any atom is -0.428 e. The number of esters is 1. The molecule has 0 N–H and O–H groups in total. The number of halogens is 4. The SMILES string of the molecule is CCCCC[C@H]1CC[C@H](C2CCC(C(=O)Oc3ccc(OC(F)(F)C(F)F)cc3)CC2)CC1. The first-order chi connectivity index (χ1) is 15.8. The molecule has 0 radical (unpaired) electrons. The molecule has 3 nitrogen and oxygen atoms in total. The maximum absolute atomic E-state index is 13.0. The molecule has 2 aliphatic rings. The van der Waals surface area contributed by atoms with Gasteiger partial charge in [-0.1, -0.05) is 45.4 Å². The Labute approximate surface area is 194 Å². The molecule has 2 saturated carbocycles. The molecule has 0 unspecified atom stereocenters. The molecule has 1 aromatic rings. The van der Waals surface area contributed by atoms with E-state index in [0.29, 0.717) is 5.92 Å². The van der Waals surface area contributed by atoms with Gasteiger partial charge in [0.1, 0.15) is 11.5 Å². The Hall–Kier alpha value is -1.79. The molecule has 0 saturated heterocycles. The molecular formula is C26H36F4O3. The quantitative estimate of drug-likeness (QED) is 0.150. The van der Waals surface area contributed by atoms with Crippen LogP contribution in [0.3, 0.4) is 0 Å². The van der Waals surface area contributed by atoms with Crippen molar-refractivity contribution in [3.8, 4) is 11.5 Å². The largest absolute Gasteiger partial charge is 0.461 e. The average Bonchev–Trinajstić information content (AvgIpc) is 2.81. The minimum absolute atomic E-state index is 0.161. The standard InChI is InChI=1S/C26H36F4O3/c1-2-3-4-5-18-6-8-19(9-7-18)20-10-12-21(13-11-20)24(31)32-22-14-16-23(17-15-22)33-26(29,30)25(27)28/h14-21,25H,2-13H2,1H3/t18-,19-,20?,21?. The fourth-order valence-corrected chi connectivity index (χ4v) is 5.43. The molecule has 0 atom stereocenters. The molecule has 186 valence electrons. The predicted molar refractivity (Wildman–Crippen MR) is 119 cm³/mol. The summed E-state index contributed by atoms with van der Waals surface area (Å²) in [5.74, 6) is 1.67. The zero-order chi connectivity index (χ0) is 23.8. The normalized spacial score (nSPS) is 26.2. The van der Waals surface area contributed by atoms with Gasteiger partial charge in [-0.25, -0.2) is 0 Å². The van der Waals surface area contributed by atoms with Crippen molar-refractivity contribution in [3.63, 3.8) is 0 Å². The van der Waals surface area contributed by atoms with Gasteiger partial charge in [0, 0.05) is 0 Å². The molecule has 0 heterocycles. The Morgan fingerprint density at radius 3 is 2.00 bits per heavy atom. The Morgan fingerprint density at radius 2 is 1.45 bits per heavy atom. The van der Waals surface area contributed by atoms with Crippen LogP contribution < -0.4 is 9.47 Å². The first-order valence-corrected chi connectivity index (χ1v) is 12.4. The molecule has 2 aliphatic carbocycles. The highest BCUT2D eigenvalue weighted by Gasteiger charge is 2.44. The molecule has 0 amide bonds. The summed E-state index contributed by atoms with van der Waals surface area (Å²) in [4.78, 5) is 12.5. The molecule has 0 bridgehead atoms. The molecule has 33 heavy (non-hydrogen) atoms. The Balaban J connectivity index is 1.39. The van der Waals surface area contributed by atoms with Crippen LogP contribution in [-0.4, -0.2) is 18.5 Å². The maximum atomic E-state index is 13.0. The second-order valence-electron chi connectivity index (χ2n) is 9.75. The molecular weight excluding hydrogens is 436 g/mol. The predicted octanol–water partition coefficient (Wildman–Crippen LogP) is 8.02. The van der Waals surface area contributed by atoms with Gasteiger partial charge < -0.3 is 9.47 Å². The lowest BCUT2D eigenvalue weighted by molar-refractivity contribution is -0.253. The van der Waals surface area contributed by atoms with Gasteiger partial charge in [0.15, 0.2) is 0 Å². The lowest BCUT2D eigenvalue weighted by atomic mass is 9.68. The number of carbonyl (C=O) groups excluding carboxylic acids is 1. The number of rotatable bonds is 10. The van der Waals surface area contributed by atoms with E-state index in [9.17, 15) is 22.4 Å². The molecule has 0 aliphatic heterocycles. The number of unbranched alkanes of at least 4 members (excludes halogenated alkanes) is 2. The Bertz CT molecular complexity index is 722. The molecule has 7 heteroatoms. The fraction of sp³-hybridized carbons (Fsp3) is 0.731. The lowest BCUT2D eigenvalue weighted by Crippen LogP contribution is -2.33. The number of hydrogen-bond acceptors (Lipinski definition) is 3. The first kappa shape index (κ1) is 25.8. The van der Waals surface area contributed by atoms with Crippen molar-refractivity contribution >= 4 is 5.97 Å². The summed E-state index contributed by atoms with van der Waals surface area (Å²) in [6.07, 6.45) is 5.89. The topological polar surface area (TPSA) is 35.5 Å². The van der Waals surface area contributed by atoms with Gasteiger partial charge in [-0.3, -0.25) is 4.79 Å². The number of hydrogen-bond donors (Lipinski definition) is 0. The lowest BCUT2D eigenvalue weighted by Gasteiger charge is -2.37. The summed E-state index contributed by atoms with van der Waals surface area (Å²) in [6, 6.07) is 4.74. The van der Waals surface area contributed by atoms with Crippen LogP contribution in [0.4, 0.5) is 17.6 Å². The molecule has 0 spiro atoms. The summed E-state index contributed by atoms with van der Waals surface area (Å²) in [6.45, 7) is 2.25. The van der Waals surface area contributed by atoms with Crippen LogP contribution in [-0.2, 0) is 4.79 Å². The zero-order valence-corrected chi connectivity index (χ0v) is 19.4. The van der Waals surface area contributed by atoms with Crippen molar-refractivity contribution in [2.75, 3.05) is 0 Å². The fourth-order valence-electron chi connectivity index (χ4n) is 5.43. The van der Waals surface area contributed by atoms with E-state index in [0.717, 1.165) is 49.7 Å². The van der Waals surface area contributed by atoms with Crippen LogP contribution in [0.25, 0.3) is 0 Å². The minimum atomic E-state index is -4.56. The van der Waals surface area contributed by atoms with Crippen molar-refractivity contribution in [1.82, 2.24) is 0 Å². The van der Waals surface area contributed by atoms with E-state index in [1.807, 2.05) is 0 Å². The second kappa shape index (κ2) is 12.1. The highest BCUT2D eigenvalue weighted by Crippen LogP contribution is 2.42. The van der Waals surface area contributed by atoms with Crippen molar-refractivity contribution in [2.45, 2.75) is 96.5 Å². The highest BCUT2D eigenvalue weighted by molar-refractivity contribution is 5.75. The number of carbonyl (C=O) groups is 1. The van der Waals surface area contributed by atoms with Crippen molar-refractivity contribution in [1.29, 1.82) is 0 Å². The van der Waals surface area contributed by atoms with Gasteiger partial charge in [-0.2, -0.15) is 17.6 Å². The van der Waals surface area contributed by atoms with Crippen molar-refractivity contribution < 1.29 is 31.8 Å². The van der Waals surface area contributed by atoms with Gasteiger partial charge >= 0.3 is 18.5 Å². The van der Waals surface area contributed by atoms with Crippen LogP contribution in [0.5, 0.6) is 11.5 Å². The number of benzene rings is 1.